The summed E-state index contributed by atoms with van der Waals surface area (Å²) in [6.45, 7) is -0.0439. The van der Waals surface area contributed by atoms with E-state index in [9.17, 15) is 34.4 Å². The van der Waals surface area contributed by atoms with E-state index in [2.05, 4.69) is 9.98 Å². The maximum absolute atomic E-state index is 14.6. The Morgan fingerprint density at radius 3 is 2.57 bits per heavy atom. The number of aliphatic imine (C=N–C) groups is 1. The molecular weight excluding hydrogens is 513 g/mol. The number of hydrogen-bond acceptors (Lipinski definition) is 9. The molecule has 2 aromatic carbocycles. The quantitative estimate of drug-likeness (QED) is 0.360. The van der Waals surface area contributed by atoms with Crippen LogP contribution in [0.2, 0.25) is 5.02 Å². The van der Waals surface area contributed by atoms with Crippen molar-refractivity contribution in [2.75, 3.05) is 0 Å². The zero-order valence-electron chi connectivity index (χ0n) is 18.7. The standard InChI is InChI=1S/C24H19ClFN3O8/c25-10-5-6-15-12(7-10)17(11-3-1-2-4-13(11)26)27-8-16-28-14(9-29(15)16)23(35)37-24-20(32)18(30)19(31)21(36-24)22(33)34/h1-7,9,18-21,24,30-32H,8H2,(H,33,34)/t18-,19-,20+,21-,24-/m0/s1. The van der Waals surface area contributed by atoms with Crippen LogP contribution in [0, 0.1) is 5.82 Å². The van der Waals surface area contributed by atoms with Gasteiger partial charge in [0.15, 0.2) is 11.8 Å². The van der Waals surface area contributed by atoms with Gasteiger partial charge in [0.05, 0.1) is 17.9 Å². The second kappa shape index (κ2) is 9.65. The van der Waals surface area contributed by atoms with Gasteiger partial charge < -0.3 is 34.5 Å². The van der Waals surface area contributed by atoms with Gasteiger partial charge in [0, 0.05) is 22.3 Å². The number of aliphatic hydroxyl groups is 3. The average molecular weight is 532 g/mol. The van der Waals surface area contributed by atoms with Crippen LogP contribution in [0.25, 0.3) is 5.69 Å². The number of ether oxygens (including phenoxy) is 2. The molecule has 192 valence electrons. The molecule has 13 heteroatoms. The van der Waals surface area contributed by atoms with Crippen molar-refractivity contribution in [1.82, 2.24) is 9.55 Å². The van der Waals surface area contributed by atoms with Crippen molar-refractivity contribution in [3.05, 3.63) is 82.1 Å². The number of rotatable bonds is 4. The number of carbonyl (C=O) groups is 2. The maximum atomic E-state index is 14.6. The van der Waals surface area contributed by atoms with E-state index in [1.807, 2.05) is 0 Å². The van der Waals surface area contributed by atoms with Crippen LogP contribution in [0.15, 0.2) is 53.7 Å². The number of carboxylic acids is 1. The van der Waals surface area contributed by atoms with E-state index in [0.29, 0.717) is 27.8 Å². The fourth-order valence-corrected chi connectivity index (χ4v) is 4.35. The minimum Gasteiger partial charge on any atom is -0.479 e. The Labute approximate surface area is 213 Å². The summed E-state index contributed by atoms with van der Waals surface area (Å²) in [7, 11) is 0. The lowest BCUT2D eigenvalue weighted by Gasteiger charge is -2.37. The normalized spacial score (nSPS) is 24.9. The topological polar surface area (TPSA) is 164 Å². The van der Waals surface area contributed by atoms with Crippen molar-refractivity contribution >= 4 is 29.3 Å². The largest absolute Gasteiger partial charge is 0.479 e. The van der Waals surface area contributed by atoms with E-state index in [-0.39, 0.29) is 17.8 Å². The van der Waals surface area contributed by atoms with Gasteiger partial charge in [-0.3, -0.25) is 4.99 Å². The second-order valence-corrected chi connectivity index (χ2v) is 8.80. The molecule has 0 bridgehead atoms. The highest BCUT2D eigenvalue weighted by atomic mass is 35.5. The van der Waals surface area contributed by atoms with Gasteiger partial charge in [0.2, 0.25) is 6.29 Å². The third-order valence-corrected chi connectivity index (χ3v) is 6.24. The molecule has 5 atom stereocenters. The van der Waals surface area contributed by atoms with Gasteiger partial charge in [-0.2, -0.15) is 0 Å². The van der Waals surface area contributed by atoms with Crippen molar-refractivity contribution in [3.63, 3.8) is 0 Å². The summed E-state index contributed by atoms with van der Waals surface area (Å²) in [4.78, 5) is 32.9. The first-order chi connectivity index (χ1) is 17.7. The number of carbonyl (C=O) groups excluding carboxylic acids is 1. The van der Waals surface area contributed by atoms with Crippen LogP contribution in [0.1, 0.15) is 27.4 Å². The number of esters is 1. The van der Waals surface area contributed by atoms with E-state index in [4.69, 9.17) is 21.1 Å². The van der Waals surface area contributed by atoms with E-state index in [1.165, 1.54) is 12.3 Å². The summed E-state index contributed by atoms with van der Waals surface area (Å²) in [6, 6.07) is 11.0. The summed E-state index contributed by atoms with van der Waals surface area (Å²) in [5.41, 5.74) is 1.36. The van der Waals surface area contributed by atoms with Crippen molar-refractivity contribution in [2.45, 2.75) is 37.3 Å². The molecule has 11 nitrogen and oxygen atoms in total. The number of nitrogens with zero attached hydrogens (tertiary/aromatic N) is 3. The number of aliphatic carboxylic acids is 1. The van der Waals surface area contributed by atoms with Crippen LogP contribution in [-0.2, 0) is 20.8 Å². The highest BCUT2D eigenvalue weighted by Gasteiger charge is 2.48. The highest BCUT2D eigenvalue weighted by Crippen LogP contribution is 2.29. The van der Waals surface area contributed by atoms with E-state index >= 15 is 0 Å². The Bertz CT molecular complexity index is 1430. The number of carboxylic acid groups (broad SMARTS) is 1. The second-order valence-electron chi connectivity index (χ2n) is 8.36. The molecule has 3 heterocycles. The van der Waals surface area contributed by atoms with Gasteiger partial charge in [-0.15, -0.1) is 0 Å². The van der Waals surface area contributed by atoms with Crippen molar-refractivity contribution in [2.24, 2.45) is 4.99 Å². The van der Waals surface area contributed by atoms with E-state index in [0.717, 1.165) is 0 Å². The predicted molar refractivity (Wildman–Crippen MR) is 124 cm³/mol. The number of aromatic nitrogens is 2. The van der Waals surface area contributed by atoms with Gasteiger partial charge in [-0.1, -0.05) is 23.7 Å². The minimum atomic E-state index is -1.94. The molecule has 3 aromatic rings. The van der Waals surface area contributed by atoms with E-state index < -0.39 is 48.5 Å². The third-order valence-electron chi connectivity index (χ3n) is 6.01. The fourth-order valence-electron chi connectivity index (χ4n) is 4.18. The van der Waals surface area contributed by atoms with Crippen molar-refractivity contribution in [1.29, 1.82) is 0 Å². The lowest BCUT2D eigenvalue weighted by atomic mass is 9.99. The molecule has 1 fully saturated rings. The molecular formula is C24H19ClFN3O8. The molecule has 0 radical (unpaired) electrons. The zero-order valence-corrected chi connectivity index (χ0v) is 19.5. The summed E-state index contributed by atoms with van der Waals surface area (Å²) in [5.74, 6) is -2.89. The monoisotopic (exact) mass is 531 g/mol. The third kappa shape index (κ3) is 4.49. The molecule has 1 saturated heterocycles. The van der Waals surface area contributed by atoms with Gasteiger partial charge >= 0.3 is 11.9 Å². The SMILES string of the molecule is O=C(O[C@@H]1O[C@H](C(=O)O)[C@@H](O)[C@H](O)[C@H]1O)c1cn2c(n1)CN=C(c1ccccc1F)c1cc(Cl)ccc1-2. The molecule has 1 aromatic heterocycles. The van der Waals surface area contributed by atoms with Gasteiger partial charge in [0.25, 0.3) is 0 Å². The Morgan fingerprint density at radius 2 is 1.84 bits per heavy atom. The average Bonchev–Trinajstić information content (AvgIpc) is 3.23. The molecule has 4 N–H and O–H groups in total. The summed E-state index contributed by atoms with van der Waals surface area (Å²) >= 11 is 6.22. The first-order valence-electron chi connectivity index (χ1n) is 11.0. The van der Waals surface area contributed by atoms with Crippen LogP contribution >= 0.6 is 11.6 Å². The first kappa shape index (κ1) is 25.0. The van der Waals surface area contributed by atoms with Crippen molar-refractivity contribution < 1.29 is 43.9 Å². The molecule has 5 rings (SSSR count). The van der Waals surface area contributed by atoms with Crippen LogP contribution in [0.4, 0.5) is 4.39 Å². The molecule has 0 spiro atoms. The first-order valence-corrected chi connectivity index (χ1v) is 11.3. The Balaban J connectivity index is 1.47. The number of imidazole rings is 1. The maximum Gasteiger partial charge on any atom is 0.360 e. The van der Waals surface area contributed by atoms with Crippen LogP contribution in [0.5, 0.6) is 0 Å². The lowest BCUT2D eigenvalue weighted by Crippen LogP contribution is -2.60. The number of aliphatic hydroxyl groups excluding tert-OH is 3. The molecule has 0 unspecified atom stereocenters. The molecule has 0 saturated carbocycles. The molecule has 37 heavy (non-hydrogen) atoms. The highest BCUT2D eigenvalue weighted by molar-refractivity contribution is 6.31. The molecule has 2 aliphatic rings. The van der Waals surface area contributed by atoms with Gasteiger partial charge in [-0.25, -0.2) is 19.0 Å². The lowest BCUT2D eigenvalue weighted by molar-refractivity contribution is -0.278. The minimum absolute atomic E-state index is 0.0439. The predicted octanol–water partition coefficient (Wildman–Crippen LogP) is 1.06. The fraction of sp³-hybridized carbons (Fsp3) is 0.250. The molecule has 0 amide bonds. The number of hydrogen-bond donors (Lipinski definition) is 4. The van der Waals surface area contributed by atoms with Gasteiger partial charge in [-0.05, 0) is 30.3 Å². The van der Waals surface area contributed by atoms with E-state index in [1.54, 1.807) is 41.0 Å². The van der Waals surface area contributed by atoms with Crippen molar-refractivity contribution in [3.8, 4) is 5.69 Å². The Hall–Kier alpha value is -3.68. The number of halogens is 2. The number of fused-ring (bicyclic) bond motifs is 3. The summed E-state index contributed by atoms with van der Waals surface area (Å²) in [6.07, 6.45) is -8.27. The Kier molecular flexibility index (Phi) is 6.52. The smallest absolute Gasteiger partial charge is 0.360 e. The van der Waals surface area contributed by atoms with Gasteiger partial charge in [0.1, 0.15) is 30.0 Å². The zero-order chi connectivity index (χ0) is 26.4. The number of benzene rings is 2. The van der Waals surface area contributed by atoms with Crippen LogP contribution in [-0.4, -0.2) is 78.3 Å². The molecule has 0 aliphatic carbocycles. The summed E-state index contributed by atoms with van der Waals surface area (Å²) in [5, 5.41) is 39.4. The molecule has 2 aliphatic heterocycles. The summed E-state index contributed by atoms with van der Waals surface area (Å²) < 4.78 is 26.2. The van der Waals surface area contributed by atoms with Crippen LogP contribution in [0.3, 0.4) is 0 Å². The van der Waals surface area contributed by atoms with Crippen LogP contribution < -0.4 is 0 Å². The Morgan fingerprint density at radius 1 is 1.08 bits per heavy atom.